The van der Waals surface area contributed by atoms with Crippen LogP contribution in [0.1, 0.15) is 49.4 Å². The summed E-state index contributed by atoms with van der Waals surface area (Å²) in [6.07, 6.45) is 4.23. The number of rotatable bonds is 5. The molecule has 0 aromatic heterocycles. The standard InChI is InChI=1S/C17H24ClN3O2.ClH/c1-12-5-2-3-10-21(12)17(23)14-8-7-13(11-15(14)18)20-16(22)6-4-9-19;/h7-8,11-12H,2-6,9-10,19H2,1H3,(H,20,22);1H. The van der Waals surface area contributed by atoms with Crippen molar-refractivity contribution in [3.8, 4) is 0 Å². The summed E-state index contributed by atoms with van der Waals surface area (Å²) in [6, 6.07) is 5.27. The van der Waals surface area contributed by atoms with Crippen LogP contribution in [0.3, 0.4) is 0 Å². The van der Waals surface area contributed by atoms with Crippen molar-refractivity contribution in [3.05, 3.63) is 28.8 Å². The molecule has 1 saturated heterocycles. The minimum Gasteiger partial charge on any atom is -0.336 e. The molecule has 24 heavy (non-hydrogen) atoms. The molecule has 1 aromatic rings. The maximum absolute atomic E-state index is 12.6. The van der Waals surface area contributed by atoms with Crippen molar-refractivity contribution >= 4 is 41.5 Å². The summed E-state index contributed by atoms with van der Waals surface area (Å²) in [5.74, 6) is -0.140. The Morgan fingerprint density at radius 2 is 2.12 bits per heavy atom. The number of piperidine rings is 1. The lowest BCUT2D eigenvalue weighted by Crippen LogP contribution is -2.42. The van der Waals surface area contributed by atoms with E-state index in [4.69, 9.17) is 17.3 Å². The second kappa shape index (κ2) is 9.87. The van der Waals surface area contributed by atoms with Crippen LogP contribution in [0.15, 0.2) is 18.2 Å². The van der Waals surface area contributed by atoms with Gasteiger partial charge in [0.25, 0.3) is 5.91 Å². The molecular formula is C17H25Cl2N3O2. The van der Waals surface area contributed by atoms with Crippen LogP contribution in [-0.4, -0.2) is 35.8 Å². The van der Waals surface area contributed by atoms with Gasteiger partial charge in [0.1, 0.15) is 0 Å². The number of anilines is 1. The van der Waals surface area contributed by atoms with E-state index in [0.29, 0.717) is 35.7 Å². The third kappa shape index (κ3) is 5.36. The van der Waals surface area contributed by atoms with Crippen molar-refractivity contribution in [3.63, 3.8) is 0 Å². The Kier molecular flexibility index (Phi) is 8.53. The van der Waals surface area contributed by atoms with Crippen molar-refractivity contribution in [1.29, 1.82) is 0 Å². The molecule has 134 valence electrons. The predicted molar refractivity (Wildman–Crippen MR) is 100.0 cm³/mol. The van der Waals surface area contributed by atoms with E-state index in [1.54, 1.807) is 18.2 Å². The molecule has 0 aliphatic carbocycles. The molecule has 1 aliphatic heterocycles. The van der Waals surface area contributed by atoms with Crippen molar-refractivity contribution in [2.45, 2.75) is 45.1 Å². The maximum atomic E-state index is 12.6. The van der Waals surface area contributed by atoms with Gasteiger partial charge < -0.3 is 16.0 Å². The number of nitrogens with one attached hydrogen (secondary N) is 1. The van der Waals surface area contributed by atoms with E-state index < -0.39 is 0 Å². The van der Waals surface area contributed by atoms with Gasteiger partial charge in [-0.05, 0) is 57.4 Å². The highest BCUT2D eigenvalue weighted by Crippen LogP contribution is 2.25. The molecule has 0 saturated carbocycles. The molecule has 7 heteroatoms. The van der Waals surface area contributed by atoms with Crippen LogP contribution in [0.25, 0.3) is 0 Å². The number of hydrogen-bond acceptors (Lipinski definition) is 3. The first-order valence-electron chi connectivity index (χ1n) is 8.13. The van der Waals surface area contributed by atoms with Gasteiger partial charge in [0, 0.05) is 24.7 Å². The van der Waals surface area contributed by atoms with E-state index in [1.807, 2.05) is 4.90 Å². The highest BCUT2D eigenvalue weighted by Gasteiger charge is 2.25. The van der Waals surface area contributed by atoms with Gasteiger partial charge in [0.05, 0.1) is 10.6 Å². The Morgan fingerprint density at radius 3 is 2.75 bits per heavy atom. The quantitative estimate of drug-likeness (QED) is 0.829. The smallest absolute Gasteiger partial charge is 0.255 e. The Morgan fingerprint density at radius 1 is 1.38 bits per heavy atom. The fraction of sp³-hybridized carbons (Fsp3) is 0.529. The number of carbonyl (C=O) groups is 2. The second-order valence-corrected chi connectivity index (χ2v) is 6.39. The summed E-state index contributed by atoms with van der Waals surface area (Å²) < 4.78 is 0. The van der Waals surface area contributed by atoms with E-state index in [0.717, 1.165) is 25.8 Å². The monoisotopic (exact) mass is 373 g/mol. The van der Waals surface area contributed by atoms with E-state index >= 15 is 0 Å². The lowest BCUT2D eigenvalue weighted by atomic mass is 10.0. The van der Waals surface area contributed by atoms with Gasteiger partial charge in [-0.1, -0.05) is 11.6 Å². The molecule has 0 radical (unpaired) electrons. The van der Waals surface area contributed by atoms with Crippen LogP contribution >= 0.6 is 24.0 Å². The van der Waals surface area contributed by atoms with E-state index in [2.05, 4.69) is 12.2 Å². The molecule has 1 aliphatic rings. The summed E-state index contributed by atoms with van der Waals surface area (Å²) in [6.45, 7) is 3.32. The van der Waals surface area contributed by atoms with Crippen LogP contribution in [-0.2, 0) is 4.79 Å². The molecule has 0 spiro atoms. The van der Waals surface area contributed by atoms with Crippen LogP contribution in [0.5, 0.6) is 0 Å². The first-order chi connectivity index (χ1) is 11.0. The molecule has 1 atom stereocenters. The first kappa shape index (κ1) is 20.7. The zero-order valence-electron chi connectivity index (χ0n) is 13.9. The van der Waals surface area contributed by atoms with Crippen molar-refractivity contribution < 1.29 is 9.59 Å². The molecule has 1 fully saturated rings. The summed E-state index contributed by atoms with van der Waals surface area (Å²) in [5, 5.41) is 3.13. The van der Waals surface area contributed by atoms with E-state index in [-0.39, 0.29) is 30.3 Å². The number of nitrogens with two attached hydrogens (primary N) is 1. The van der Waals surface area contributed by atoms with Gasteiger partial charge in [-0.3, -0.25) is 9.59 Å². The fourth-order valence-corrected chi connectivity index (χ4v) is 3.07. The maximum Gasteiger partial charge on any atom is 0.255 e. The summed E-state index contributed by atoms with van der Waals surface area (Å²) >= 11 is 6.26. The number of amides is 2. The molecule has 3 N–H and O–H groups in total. The normalized spacial score (nSPS) is 17.1. The SMILES string of the molecule is CC1CCCCN1C(=O)c1ccc(NC(=O)CCCN)cc1Cl.Cl. The van der Waals surface area contributed by atoms with Crippen LogP contribution in [0, 0.1) is 0 Å². The largest absolute Gasteiger partial charge is 0.336 e. The number of hydrogen-bond donors (Lipinski definition) is 2. The zero-order chi connectivity index (χ0) is 16.8. The van der Waals surface area contributed by atoms with Crippen LogP contribution in [0.4, 0.5) is 5.69 Å². The predicted octanol–water partition coefficient (Wildman–Crippen LogP) is 3.45. The second-order valence-electron chi connectivity index (χ2n) is 5.98. The van der Waals surface area contributed by atoms with Gasteiger partial charge >= 0.3 is 0 Å². The Labute approximate surface area is 154 Å². The van der Waals surface area contributed by atoms with Crippen LogP contribution in [0.2, 0.25) is 5.02 Å². The molecule has 1 aromatic carbocycles. The Bertz CT molecular complexity index is 581. The van der Waals surface area contributed by atoms with E-state index in [1.165, 1.54) is 0 Å². The van der Waals surface area contributed by atoms with Crippen molar-refractivity contribution in [2.24, 2.45) is 5.73 Å². The third-order valence-corrected chi connectivity index (χ3v) is 4.47. The summed E-state index contributed by atoms with van der Waals surface area (Å²) in [4.78, 5) is 26.2. The Hall–Kier alpha value is -1.30. The van der Waals surface area contributed by atoms with Gasteiger partial charge in [-0.2, -0.15) is 0 Å². The summed E-state index contributed by atoms with van der Waals surface area (Å²) in [7, 11) is 0. The van der Waals surface area contributed by atoms with Gasteiger partial charge in [0.15, 0.2) is 0 Å². The number of halogens is 2. The molecule has 0 bridgehead atoms. The number of benzene rings is 1. The number of likely N-dealkylation sites (tertiary alicyclic amines) is 1. The number of carbonyl (C=O) groups excluding carboxylic acids is 2. The Balaban J connectivity index is 0.00000288. The lowest BCUT2D eigenvalue weighted by Gasteiger charge is -2.33. The molecular weight excluding hydrogens is 349 g/mol. The van der Waals surface area contributed by atoms with Crippen molar-refractivity contribution in [1.82, 2.24) is 4.90 Å². The fourth-order valence-electron chi connectivity index (χ4n) is 2.81. The van der Waals surface area contributed by atoms with Gasteiger partial charge in [-0.15, -0.1) is 12.4 Å². The molecule has 5 nitrogen and oxygen atoms in total. The number of nitrogens with zero attached hydrogens (tertiary/aromatic N) is 1. The topological polar surface area (TPSA) is 75.4 Å². The minimum absolute atomic E-state index is 0. The first-order valence-corrected chi connectivity index (χ1v) is 8.51. The highest BCUT2D eigenvalue weighted by molar-refractivity contribution is 6.34. The highest BCUT2D eigenvalue weighted by atomic mass is 35.5. The lowest BCUT2D eigenvalue weighted by molar-refractivity contribution is -0.116. The third-order valence-electron chi connectivity index (χ3n) is 4.16. The molecule has 1 unspecified atom stereocenters. The van der Waals surface area contributed by atoms with Crippen LogP contribution < -0.4 is 11.1 Å². The average molecular weight is 374 g/mol. The zero-order valence-corrected chi connectivity index (χ0v) is 15.5. The molecule has 1 heterocycles. The van der Waals surface area contributed by atoms with E-state index in [9.17, 15) is 9.59 Å². The molecule has 2 rings (SSSR count). The minimum atomic E-state index is -0.102. The van der Waals surface area contributed by atoms with Gasteiger partial charge in [0.2, 0.25) is 5.91 Å². The van der Waals surface area contributed by atoms with Crippen molar-refractivity contribution in [2.75, 3.05) is 18.4 Å². The van der Waals surface area contributed by atoms with Gasteiger partial charge in [-0.25, -0.2) is 0 Å². The average Bonchev–Trinajstić information content (AvgIpc) is 2.53. The summed E-state index contributed by atoms with van der Waals surface area (Å²) in [5.41, 5.74) is 6.47. The molecule has 2 amide bonds.